The molecule has 0 aliphatic carbocycles. The van der Waals surface area contributed by atoms with Crippen molar-refractivity contribution in [2.24, 2.45) is 0 Å². The van der Waals surface area contributed by atoms with Crippen LogP contribution in [-0.4, -0.2) is 0 Å². The van der Waals surface area contributed by atoms with Crippen LogP contribution in [0.4, 0.5) is 5.69 Å². The van der Waals surface area contributed by atoms with E-state index in [0.29, 0.717) is 0 Å². The zero-order valence-corrected chi connectivity index (χ0v) is 7.18. The third-order valence-corrected chi connectivity index (χ3v) is 1.97. The molecule has 0 unspecified atom stereocenters. The minimum atomic E-state index is 0.766. The maximum Gasteiger partial charge on any atom is 0.0454 e. The van der Waals surface area contributed by atoms with Crippen molar-refractivity contribution < 1.29 is 0 Å². The van der Waals surface area contributed by atoms with Gasteiger partial charge >= 0.3 is 0 Å². The van der Waals surface area contributed by atoms with Gasteiger partial charge in [-0.25, -0.2) is 0 Å². The molecule has 1 nitrogen and oxygen atoms in total. The lowest BCUT2D eigenvalue weighted by atomic mass is 10.2. The van der Waals surface area contributed by atoms with Gasteiger partial charge in [0, 0.05) is 16.9 Å². The highest BCUT2D eigenvalue weighted by Crippen LogP contribution is 2.23. The van der Waals surface area contributed by atoms with E-state index < -0.39 is 0 Å². The van der Waals surface area contributed by atoms with Gasteiger partial charge in [-0.2, -0.15) is 0 Å². The van der Waals surface area contributed by atoms with Gasteiger partial charge in [-0.05, 0) is 29.8 Å². The van der Waals surface area contributed by atoms with Gasteiger partial charge in [-0.3, -0.25) is 0 Å². The molecule has 0 bridgehead atoms. The summed E-state index contributed by atoms with van der Waals surface area (Å²) in [4.78, 5) is 0. The number of fused-ring (bicyclic) bond motifs is 1. The van der Waals surface area contributed by atoms with E-state index in [4.69, 9.17) is 11.6 Å². The van der Waals surface area contributed by atoms with Crippen LogP contribution in [0.15, 0.2) is 36.6 Å². The van der Waals surface area contributed by atoms with Gasteiger partial charge in [-0.15, -0.1) is 0 Å². The molecule has 2 heteroatoms. The van der Waals surface area contributed by atoms with Crippen LogP contribution in [0.1, 0.15) is 5.56 Å². The Morgan fingerprint density at radius 2 is 2.08 bits per heavy atom. The predicted octanol–water partition coefficient (Wildman–Crippen LogP) is 3.29. The van der Waals surface area contributed by atoms with E-state index in [2.05, 4.69) is 5.32 Å². The standard InChI is InChI=1S/C10H8ClN/c11-9-4-5-10-8(7-9)3-1-2-6-12-10/h1-7,12H. The predicted molar refractivity (Wildman–Crippen MR) is 53.2 cm³/mol. The third kappa shape index (κ3) is 1.36. The average Bonchev–Trinajstić information content (AvgIpc) is 2.28. The molecule has 0 atom stereocenters. The van der Waals surface area contributed by atoms with E-state index in [1.807, 2.05) is 42.6 Å². The average molecular weight is 178 g/mol. The van der Waals surface area contributed by atoms with Crippen molar-refractivity contribution in [3.05, 3.63) is 47.1 Å². The molecule has 60 valence electrons. The molecule has 1 N–H and O–H groups in total. The Bertz CT molecular complexity index is 353. The third-order valence-electron chi connectivity index (χ3n) is 1.74. The monoisotopic (exact) mass is 177 g/mol. The molecule has 0 saturated carbocycles. The van der Waals surface area contributed by atoms with E-state index in [-0.39, 0.29) is 0 Å². The molecule has 0 saturated heterocycles. The summed E-state index contributed by atoms with van der Waals surface area (Å²) in [6, 6.07) is 5.78. The quantitative estimate of drug-likeness (QED) is 0.641. The molecule has 1 aliphatic rings. The van der Waals surface area contributed by atoms with Crippen LogP contribution >= 0.6 is 11.6 Å². The van der Waals surface area contributed by atoms with Crippen LogP contribution in [0, 0.1) is 0 Å². The highest BCUT2D eigenvalue weighted by Gasteiger charge is 1.99. The van der Waals surface area contributed by atoms with Crippen molar-refractivity contribution in [3.63, 3.8) is 0 Å². The van der Waals surface area contributed by atoms with Crippen LogP contribution in [-0.2, 0) is 0 Å². The van der Waals surface area contributed by atoms with Gasteiger partial charge in [0.1, 0.15) is 0 Å². The molecular weight excluding hydrogens is 170 g/mol. The van der Waals surface area contributed by atoms with Crippen LogP contribution in [0.2, 0.25) is 5.02 Å². The van der Waals surface area contributed by atoms with Crippen LogP contribution < -0.4 is 5.32 Å². The van der Waals surface area contributed by atoms with Crippen molar-refractivity contribution in [2.45, 2.75) is 0 Å². The highest BCUT2D eigenvalue weighted by molar-refractivity contribution is 6.30. The number of benzene rings is 1. The number of nitrogens with one attached hydrogen (secondary N) is 1. The van der Waals surface area contributed by atoms with Gasteiger partial charge in [-0.1, -0.05) is 23.8 Å². The second-order valence-corrected chi connectivity index (χ2v) is 3.03. The van der Waals surface area contributed by atoms with Crippen molar-refractivity contribution in [3.8, 4) is 0 Å². The fourth-order valence-corrected chi connectivity index (χ4v) is 1.34. The zero-order valence-electron chi connectivity index (χ0n) is 6.42. The number of hydrogen-bond acceptors (Lipinski definition) is 1. The molecular formula is C10H8ClN. The van der Waals surface area contributed by atoms with Gasteiger partial charge in [0.15, 0.2) is 0 Å². The maximum absolute atomic E-state index is 5.85. The van der Waals surface area contributed by atoms with Crippen molar-refractivity contribution in [2.75, 3.05) is 5.32 Å². The molecule has 0 spiro atoms. The van der Waals surface area contributed by atoms with E-state index in [9.17, 15) is 0 Å². The minimum absolute atomic E-state index is 0.766. The van der Waals surface area contributed by atoms with Crippen LogP contribution in [0.5, 0.6) is 0 Å². The van der Waals surface area contributed by atoms with Crippen LogP contribution in [0.25, 0.3) is 6.08 Å². The fraction of sp³-hybridized carbons (Fsp3) is 0. The molecule has 0 aromatic heterocycles. The molecule has 1 aromatic rings. The van der Waals surface area contributed by atoms with Gasteiger partial charge in [0.05, 0.1) is 0 Å². The van der Waals surface area contributed by atoms with Gasteiger partial charge in [0.25, 0.3) is 0 Å². The highest BCUT2D eigenvalue weighted by atomic mass is 35.5. The number of anilines is 1. The van der Waals surface area contributed by atoms with Gasteiger partial charge < -0.3 is 5.32 Å². The summed E-state index contributed by atoms with van der Waals surface area (Å²) in [5.41, 5.74) is 2.21. The van der Waals surface area contributed by atoms with Crippen molar-refractivity contribution in [1.29, 1.82) is 0 Å². The first kappa shape index (κ1) is 7.44. The summed E-state index contributed by atoms with van der Waals surface area (Å²) in [5, 5.41) is 3.92. The SMILES string of the molecule is Clc1ccc2c(c1)C=CC=CN2. The molecule has 0 amide bonds. The normalized spacial score (nSPS) is 13.4. The topological polar surface area (TPSA) is 12.0 Å². The van der Waals surface area contributed by atoms with E-state index in [0.717, 1.165) is 16.3 Å². The Morgan fingerprint density at radius 3 is 3.00 bits per heavy atom. The summed E-state index contributed by atoms with van der Waals surface area (Å²) in [6.45, 7) is 0. The molecule has 1 aromatic carbocycles. The smallest absolute Gasteiger partial charge is 0.0454 e. The summed E-state index contributed by atoms with van der Waals surface area (Å²) in [6.07, 6.45) is 7.86. The molecule has 12 heavy (non-hydrogen) atoms. The second kappa shape index (κ2) is 3.03. The maximum atomic E-state index is 5.85. The lowest BCUT2D eigenvalue weighted by Crippen LogP contribution is -1.88. The van der Waals surface area contributed by atoms with E-state index in [1.54, 1.807) is 0 Å². The molecule has 0 radical (unpaired) electrons. The Balaban J connectivity index is 2.53. The number of hydrogen-bond donors (Lipinski definition) is 1. The molecule has 1 aliphatic heterocycles. The molecule has 1 heterocycles. The van der Waals surface area contributed by atoms with E-state index >= 15 is 0 Å². The largest absolute Gasteiger partial charge is 0.361 e. The summed E-state index contributed by atoms with van der Waals surface area (Å²) >= 11 is 5.85. The second-order valence-electron chi connectivity index (χ2n) is 2.59. The lowest BCUT2D eigenvalue weighted by molar-refractivity contribution is 1.57. The first-order chi connectivity index (χ1) is 5.86. The molecule has 0 fully saturated rings. The molecule has 2 rings (SSSR count). The van der Waals surface area contributed by atoms with Crippen molar-refractivity contribution >= 4 is 23.4 Å². The lowest BCUT2D eigenvalue weighted by Gasteiger charge is -2.03. The Labute approximate surface area is 76.4 Å². The first-order valence-corrected chi connectivity index (χ1v) is 4.13. The van der Waals surface area contributed by atoms with Gasteiger partial charge in [0.2, 0.25) is 0 Å². The Hall–Kier alpha value is -1.21. The Morgan fingerprint density at radius 1 is 1.17 bits per heavy atom. The fourth-order valence-electron chi connectivity index (χ4n) is 1.16. The Kier molecular flexibility index (Phi) is 1.88. The number of halogens is 1. The first-order valence-electron chi connectivity index (χ1n) is 3.75. The number of rotatable bonds is 0. The summed E-state index contributed by atoms with van der Waals surface area (Å²) < 4.78 is 0. The number of allylic oxidation sites excluding steroid dienone is 2. The minimum Gasteiger partial charge on any atom is -0.361 e. The van der Waals surface area contributed by atoms with Crippen LogP contribution in [0.3, 0.4) is 0 Å². The van der Waals surface area contributed by atoms with E-state index in [1.165, 1.54) is 0 Å². The zero-order chi connectivity index (χ0) is 8.39. The van der Waals surface area contributed by atoms with Crippen molar-refractivity contribution in [1.82, 2.24) is 0 Å². The summed E-state index contributed by atoms with van der Waals surface area (Å²) in [7, 11) is 0. The summed E-state index contributed by atoms with van der Waals surface area (Å²) in [5.74, 6) is 0.